The van der Waals surface area contributed by atoms with Crippen LogP contribution < -0.4 is 4.72 Å². The van der Waals surface area contributed by atoms with Crippen molar-refractivity contribution in [3.05, 3.63) is 64.7 Å². The van der Waals surface area contributed by atoms with Crippen molar-refractivity contribution in [1.29, 1.82) is 0 Å². The Balaban J connectivity index is 2.19. The Morgan fingerprint density at radius 3 is 2.15 bits per heavy atom. The fourth-order valence-electron chi connectivity index (χ4n) is 1.95. The molecule has 0 atom stereocenters. The summed E-state index contributed by atoms with van der Waals surface area (Å²) in [5, 5.41) is 0. The Kier molecular flexibility index (Phi) is 4.14. The third-order valence-corrected chi connectivity index (χ3v) is 4.38. The van der Waals surface area contributed by atoms with E-state index in [0.29, 0.717) is 5.69 Å². The normalized spacial score (nSPS) is 11.3. The van der Waals surface area contributed by atoms with Gasteiger partial charge in [0.1, 0.15) is 0 Å². The molecule has 0 saturated heterocycles. The second kappa shape index (κ2) is 5.67. The highest BCUT2D eigenvalue weighted by Gasteiger charge is 2.13. The summed E-state index contributed by atoms with van der Waals surface area (Å²) in [6, 6.07) is 13.3. The van der Waals surface area contributed by atoms with Crippen LogP contribution in [-0.4, -0.2) is 8.42 Å². The van der Waals surface area contributed by atoms with Crippen molar-refractivity contribution in [3.63, 3.8) is 0 Å². The summed E-state index contributed by atoms with van der Waals surface area (Å²) < 4.78 is 27.1. The van der Waals surface area contributed by atoms with Crippen molar-refractivity contribution in [3.8, 4) is 0 Å². The van der Waals surface area contributed by atoms with Gasteiger partial charge in [0.05, 0.1) is 11.4 Å². The van der Waals surface area contributed by atoms with Crippen LogP contribution in [0.2, 0.25) is 0 Å². The van der Waals surface area contributed by atoms with E-state index in [1.54, 1.807) is 0 Å². The zero-order valence-corrected chi connectivity index (χ0v) is 12.8. The molecule has 0 aliphatic rings. The molecule has 0 bridgehead atoms. The topological polar surface area (TPSA) is 46.2 Å². The fourth-order valence-corrected chi connectivity index (χ4v) is 3.21. The van der Waals surface area contributed by atoms with Gasteiger partial charge in [-0.25, -0.2) is 8.42 Å². The number of benzene rings is 2. The minimum absolute atomic E-state index is 0.0132. The number of hydrogen-bond donors (Lipinski definition) is 1. The molecule has 2 rings (SSSR count). The standard InChI is InChI=1S/C16H19NO2S/c1-12-5-8-15(9-6-12)11-20(18,19)17-16-10-13(2)4-7-14(16)3/h4-10,17H,11H2,1-3H3. The van der Waals surface area contributed by atoms with Gasteiger partial charge in [-0.2, -0.15) is 0 Å². The van der Waals surface area contributed by atoms with Gasteiger partial charge in [-0.05, 0) is 43.5 Å². The molecule has 2 aromatic rings. The van der Waals surface area contributed by atoms with Gasteiger partial charge >= 0.3 is 0 Å². The second-order valence-corrected chi connectivity index (χ2v) is 6.89. The van der Waals surface area contributed by atoms with Crippen molar-refractivity contribution in [2.24, 2.45) is 0 Å². The van der Waals surface area contributed by atoms with E-state index in [4.69, 9.17) is 0 Å². The van der Waals surface area contributed by atoms with E-state index in [1.165, 1.54) is 0 Å². The van der Waals surface area contributed by atoms with Crippen LogP contribution in [0.25, 0.3) is 0 Å². The van der Waals surface area contributed by atoms with Gasteiger partial charge in [0.25, 0.3) is 0 Å². The van der Waals surface area contributed by atoms with Crippen LogP contribution in [0.5, 0.6) is 0 Å². The fraction of sp³-hybridized carbons (Fsp3) is 0.250. The first-order valence-electron chi connectivity index (χ1n) is 6.49. The van der Waals surface area contributed by atoms with Crippen molar-refractivity contribution in [2.45, 2.75) is 26.5 Å². The van der Waals surface area contributed by atoms with E-state index in [9.17, 15) is 8.42 Å². The lowest BCUT2D eigenvalue weighted by Gasteiger charge is -2.11. The van der Waals surface area contributed by atoms with Crippen LogP contribution in [0.4, 0.5) is 5.69 Å². The molecule has 20 heavy (non-hydrogen) atoms. The largest absolute Gasteiger partial charge is 0.283 e. The SMILES string of the molecule is Cc1ccc(CS(=O)(=O)Nc2cc(C)ccc2C)cc1. The molecule has 2 aromatic carbocycles. The van der Waals surface area contributed by atoms with E-state index in [0.717, 1.165) is 22.3 Å². The molecular formula is C16H19NO2S. The van der Waals surface area contributed by atoms with Crippen molar-refractivity contribution >= 4 is 15.7 Å². The van der Waals surface area contributed by atoms with Crippen LogP contribution in [0.1, 0.15) is 22.3 Å². The first-order chi connectivity index (χ1) is 9.35. The van der Waals surface area contributed by atoms with Gasteiger partial charge in [-0.1, -0.05) is 42.0 Å². The predicted octanol–water partition coefficient (Wildman–Crippen LogP) is 3.55. The summed E-state index contributed by atoms with van der Waals surface area (Å²) in [5.41, 5.74) is 4.51. The van der Waals surface area contributed by atoms with Crippen molar-refractivity contribution in [1.82, 2.24) is 0 Å². The highest BCUT2D eigenvalue weighted by Crippen LogP contribution is 2.19. The molecule has 0 heterocycles. The van der Waals surface area contributed by atoms with E-state index in [1.807, 2.05) is 63.2 Å². The molecule has 0 amide bonds. The number of aryl methyl sites for hydroxylation is 3. The van der Waals surface area contributed by atoms with Gasteiger partial charge in [-0.15, -0.1) is 0 Å². The van der Waals surface area contributed by atoms with Gasteiger partial charge in [0.2, 0.25) is 10.0 Å². The molecule has 106 valence electrons. The Bertz CT molecular complexity index is 704. The van der Waals surface area contributed by atoms with Crippen LogP contribution in [0.3, 0.4) is 0 Å². The number of sulfonamides is 1. The van der Waals surface area contributed by atoms with Gasteiger partial charge < -0.3 is 0 Å². The first kappa shape index (κ1) is 14.6. The van der Waals surface area contributed by atoms with Crippen molar-refractivity contribution < 1.29 is 8.42 Å². The van der Waals surface area contributed by atoms with Gasteiger partial charge in [-0.3, -0.25) is 4.72 Å². The second-order valence-electron chi connectivity index (χ2n) is 5.17. The minimum atomic E-state index is -3.39. The molecule has 3 nitrogen and oxygen atoms in total. The predicted molar refractivity (Wildman–Crippen MR) is 83.3 cm³/mol. The first-order valence-corrected chi connectivity index (χ1v) is 8.14. The maximum atomic E-state index is 12.2. The quantitative estimate of drug-likeness (QED) is 0.935. The summed E-state index contributed by atoms with van der Waals surface area (Å²) in [7, 11) is -3.39. The van der Waals surface area contributed by atoms with Crippen LogP contribution in [-0.2, 0) is 15.8 Å². The van der Waals surface area contributed by atoms with E-state index >= 15 is 0 Å². The van der Waals surface area contributed by atoms with E-state index < -0.39 is 10.0 Å². The molecule has 0 radical (unpaired) electrons. The third-order valence-electron chi connectivity index (χ3n) is 3.14. The molecule has 0 fully saturated rings. The van der Waals surface area contributed by atoms with Crippen LogP contribution in [0.15, 0.2) is 42.5 Å². The Morgan fingerprint density at radius 2 is 1.50 bits per heavy atom. The Morgan fingerprint density at radius 1 is 0.900 bits per heavy atom. The Hall–Kier alpha value is -1.81. The maximum Gasteiger partial charge on any atom is 0.236 e. The summed E-state index contributed by atoms with van der Waals surface area (Å²) in [6.07, 6.45) is 0. The minimum Gasteiger partial charge on any atom is -0.283 e. The van der Waals surface area contributed by atoms with Gasteiger partial charge in [0, 0.05) is 0 Å². The smallest absolute Gasteiger partial charge is 0.236 e. The molecule has 0 saturated carbocycles. The molecule has 0 aliphatic carbocycles. The van der Waals surface area contributed by atoms with E-state index in [-0.39, 0.29) is 5.75 Å². The molecule has 0 spiro atoms. The highest BCUT2D eigenvalue weighted by atomic mass is 32.2. The summed E-state index contributed by atoms with van der Waals surface area (Å²) in [6.45, 7) is 5.81. The van der Waals surface area contributed by atoms with Gasteiger partial charge in [0.15, 0.2) is 0 Å². The number of anilines is 1. The number of hydrogen-bond acceptors (Lipinski definition) is 2. The monoisotopic (exact) mass is 289 g/mol. The zero-order chi connectivity index (χ0) is 14.8. The van der Waals surface area contributed by atoms with Crippen molar-refractivity contribution in [2.75, 3.05) is 4.72 Å². The number of nitrogens with one attached hydrogen (secondary N) is 1. The average molecular weight is 289 g/mol. The molecular weight excluding hydrogens is 270 g/mol. The highest BCUT2D eigenvalue weighted by molar-refractivity contribution is 7.91. The molecule has 0 aliphatic heterocycles. The van der Waals surface area contributed by atoms with E-state index in [2.05, 4.69) is 4.72 Å². The van der Waals surface area contributed by atoms with Crippen LogP contribution in [0, 0.1) is 20.8 Å². The number of rotatable bonds is 4. The lowest BCUT2D eigenvalue weighted by molar-refractivity contribution is 0.600. The summed E-state index contributed by atoms with van der Waals surface area (Å²) in [5.74, 6) is -0.0132. The molecule has 0 aromatic heterocycles. The summed E-state index contributed by atoms with van der Waals surface area (Å²) >= 11 is 0. The average Bonchev–Trinajstić information content (AvgIpc) is 2.36. The lowest BCUT2D eigenvalue weighted by Crippen LogP contribution is -2.15. The molecule has 0 unspecified atom stereocenters. The lowest BCUT2D eigenvalue weighted by atomic mass is 10.1. The van der Waals surface area contributed by atoms with Crippen LogP contribution >= 0.6 is 0 Å². The maximum absolute atomic E-state index is 12.2. The third kappa shape index (κ3) is 3.84. The molecule has 1 N–H and O–H groups in total. The summed E-state index contributed by atoms with van der Waals surface area (Å²) in [4.78, 5) is 0. The molecule has 4 heteroatoms. The zero-order valence-electron chi connectivity index (χ0n) is 12.0. The Labute approximate surface area is 120 Å².